The molecule has 1 aromatic carbocycles. The molecule has 7 heteroatoms. The zero-order valence-corrected chi connectivity index (χ0v) is 19.6. The summed E-state index contributed by atoms with van der Waals surface area (Å²) in [6, 6.07) is 7.93. The molecular formula is C25H36N4O3. The van der Waals surface area contributed by atoms with E-state index in [9.17, 15) is 9.59 Å². The van der Waals surface area contributed by atoms with Gasteiger partial charge in [-0.2, -0.15) is 0 Å². The van der Waals surface area contributed by atoms with Crippen molar-refractivity contribution in [3.63, 3.8) is 0 Å². The molecule has 2 amide bonds. The monoisotopic (exact) mass is 440 g/mol. The molecule has 2 aromatic rings. The van der Waals surface area contributed by atoms with Crippen LogP contribution in [0.1, 0.15) is 76.3 Å². The average Bonchev–Trinajstić information content (AvgIpc) is 2.93. The van der Waals surface area contributed by atoms with Crippen molar-refractivity contribution in [3.05, 3.63) is 30.1 Å². The third-order valence-corrected chi connectivity index (χ3v) is 6.81. The number of hydrogen-bond donors (Lipinski definition) is 1. The van der Waals surface area contributed by atoms with Gasteiger partial charge < -0.3 is 19.5 Å². The van der Waals surface area contributed by atoms with Gasteiger partial charge in [-0.15, -0.1) is 0 Å². The van der Waals surface area contributed by atoms with Crippen molar-refractivity contribution in [2.75, 3.05) is 13.2 Å². The molecule has 1 fully saturated rings. The number of aromatic nitrogens is 2. The number of carbonyl (C=O) groups excluding carboxylic acids is 2. The van der Waals surface area contributed by atoms with E-state index in [4.69, 9.17) is 4.74 Å². The highest BCUT2D eigenvalue weighted by atomic mass is 16.5. The van der Waals surface area contributed by atoms with E-state index in [2.05, 4.69) is 10.3 Å². The third-order valence-electron chi connectivity index (χ3n) is 6.81. The van der Waals surface area contributed by atoms with Crippen LogP contribution in [-0.4, -0.2) is 57.1 Å². The van der Waals surface area contributed by atoms with Crippen molar-refractivity contribution >= 4 is 22.8 Å². The summed E-state index contributed by atoms with van der Waals surface area (Å²) in [6.45, 7) is 7.31. The van der Waals surface area contributed by atoms with Gasteiger partial charge >= 0.3 is 0 Å². The molecule has 1 aromatic heterocycles. The zero-order valence-electron chi connectivity index (χ0n) is 19.6. The predicted molar refractivity (Wildman–Crippen MR) is 125 cm³/mol. The second-order valence-corrected chi connectivity index (χ2v) is 9.68. The Morgan fingerprint density at radius 3 is 2.66 bits per heavy atom. The Morgan fingerprint density at radius 1 is 1.22 bits per heavy atom. The van der Waals surface area contributed by atoms with E-state index >= 15 is 0 Å². The molecule has 32 heavy (non-hydrogen) atoms. The van der Waals surface area contributed by atoms with Crippen LogP contribution < -0.4 is 5.32 Å². The molecule has 1 N–H and O–H groups in total. The van der Waals surface area contributed by atoms with Crippen LogP contribution in [0.2, 0.25) is 0 Å². The van der Waals surface area contributed by atoms with Crippen LogP contribution in [0.15, 0.2) is 24.3 Å². The number of hydrogen-bond acceptors (Lipinski definition) is 4. The Labute approximate surface area is 190 Å². The topological polar surface area (TPSA) is 76.5 Å². The number of para-hydroxylation sites is 2. The van der Waals surface area contributed by atoms with Crippen LogP contribution in [0.5, 0.6) is 0 Å². The van der Waals surface area contributed by atoms with Crippen LogP contribution in [0.25, 0.3) is 11.0 Å². The summed E-state index contributed by atoms with van der Waals surface area (Å²) < 4.78 is 7.61. The summed E-state index contributed by atoms with van der Waals surface area (Å²) in [5, 5.41) is 3.30. The molecule has 2 aliphatic rings. The average molecular weight is 441 g/mol. The van der Waals surface area contributed by atoms with E-state index in [0.717, 1.165) is 36.7 Å². The molecule has 1 aliphatic carbocycles. The predicted octanol–water partition coefficient (Wildman–Crippen LogP) is 3.90. The van der Waals surface area contributed by atoms with Crippen molar-refractivity contribution < 1.29 is 14.3 Å². The fraction of sp³-hybridized carbons (Fsp3) is 0.640. The van der Waals surface area contributed by atoms with E-state index in [1.54, 1.807) is 4.90 Å². The normalized spacial score (nSPS) is 22.2. The summed E-state index contributed by atoms with van der Waals surface area (Å²) >= 11 is 0. The van der Waals surface area contributed by atoms with Crippen molar-refractivity contribution in [3.8, 4) is 0 Å². The zero-order chi connectivity index (χ0) is 22.7. The summed E-state index contributed by atoms with van der Waals surface area (Å²) in [5.41, 5.74) is 0.706. The van der Waals surface area contributed by atoms with Gasteiger partial charge in [-0.3, -0.25) is 9.59 Å². The van der Waals surface area contributed by atoms with Crippen molar-refractivity contribution in [2.45, 2.75) is 89.9 Å². The second kappa shape index (κ2) is 9.61. The molecule has 7 nitrogen and oxygen atoms in total. The molecule has 0 bridgehead atoms. The molecule has 1 saturated carbocycles. The highest BCUT2D eigenvalue weighted by Gasteiger charge is 2.48. The number of fused-ring (bicyclic) bond motifs is 3. The number of nitrogens with one attached hydrogen (secondary N) is 1. The maximum Gasteiger partial charge on any atom is 0.290 e. The van der Waals surface area contributed by atoms with Gasteiger partial charge in [0.2, 0.25) is 5.91 Å². The fourth-order valence-electron chi connectivity index (χ4n) is 4.99. The Morgan fingerprint density at radius 2 is 1.94 bits per heavy atom. The highest BCUT2D eigenvalue weighted by Crippen LogP contribution is 2.31. The molecule has 1 aliphatic heterocycles. The van der Waals surface area contributed by atoms with Crippen molar-refractivity contribution in [2.24, 2.45) is 0 Å². The molecule has 0 spiro atoms. The van der Waals surface area contributed by atoms with Crippen molar-refractivity contribution in [1.29, 1.82) is 0 Å². The minimum absolute atomic E-state index is 0.0639. The van der Waals surface area contributed by atoms with Gasteiger partial charge in [0.15, 0.2) is 5.82 Å². The maximum atomic E-state index is 13.7. The number of amides is 2. The van der Waals surface area contributed by atoms with E-state index in [1.165, 1.54) is 12.8 Å². The molecule has 174 valence electrons. The van der Waals surface area contributed by atoms with Gasteiger partial charge in [0.05, 0.1) is 23.7 Å². The van der Waals surface area contributed by atoms with Crippen LogP contribution in [0, 0.1) is 0 Å². The smallest absolute Gasteiger partial charge is 0.290 e. The number of ether oxygens (including phenoxy) is 1. The van der Waals surface area contributed by atoms with E-state index < -0.39 is 5.54 Å². The first-order chi connectivity index (χ1) is 15.4. The molecule has 2 heterocycles. The fourth-order valence-corrected chi connectivity index (χ4v) is 4.99. The van der Waals surface area contributed by atoms with Crippen LogP contribution in [-0.2, 0) is 16.1 Å². The first kappa shape index (κ1) is 22.8. The SMILES string of the molecule is CC(C)OCCCN1C(=O)c2nc3ccccc3n2C[C@@]1(C)C(=O)NC1CCCCCC1. The lowest BCUT2D eigenvalue weighted by Gasteiger charge is -2.44. The number of carbonyl (C=O) groups is 2. The van der Waals surface area contributed by atoms with Gasteiger partial charge in [0.1, 0.15) is 5.54 Å². The summed E-state index contributed by atoms with van der Waals surface area (Å²) in [6.07, 6.45) is 7.59. The summed E-state index contributed by atoms with van der Waals surface area (Å²) in [7, 11) is 0. The van der Waals surface area contributed by atoms with Crippen molar-refractivity contribution in [1.82, 2.24) is 19.8 Å². The van der Waals surface area contributed by atoms with Gasteiger partial charge in [-0.1, -0.05) is 37.8 Å². The third kappa shape index (κ3) is 4.53. The minimum Gasteiger partial charge on any atom is -0.379 e. The lowest BCUT2D eigenvalue weighted by atomic mass is 9.93. The molecule has 0 radical (unpaired) electrons. The number of rotatable bonds is 7. The van der Waals surface area contributed by atoms with Gasteiger partial charge in [-0.25, -0.2) is 4.98 Å². The highest BCUT2D eigenvalue weighted by molar-refractivity contribution is 6.01. The largest absolute Gasteiger partial charge is 0.379 e. The van der Waals surface area contributed by atoms with E-state index in [0.29, 0.717) is 31.9 Å². The van der Waals surface area contributed by atoms with Gasteiger partial charge in [0, 0.05) is 19.2 Å². The summed E-state index contributed by atoms with van der Waals surface area (Å²) in [5.74, 6) is 0.164. The molecule has 4 rings (SSSR count). The van der Waals surface area contributed by atoms with Crippen LogP contribution >= 0.6 is 0 Å². The molecule has 0 saturated heterocycles. The number of nitrogens with zero attached hydrogens (tertiary/aromatic N) is 3. The van der Waals surface area contributed by atoms with Gasteiger partial charge in [0.25, 0.3) is 5.91 Å². The van der Waals surface area contributed by atoms with E-state index in [-0.39, 0.29) is 24.0 Å². The summed E-state index contributed by atoms with van der Waals surface area (Å²) in [4.78, 5) is 33.6. The molecule has 1 atom stereocenters. The Bertz CT molecular complexity index is 961. The Balaban J connectivity index is 1.62. The first-order valence-electron chi connectivity index (χ1n) is 12.1. The molecular weight excluding hydrogens is 404 g/mol. The minimum atomic E-state index is -0.975. The van der Waals surface area contributed by atoms with Gasteiger partial charge in [-0.05, 0) is 52.2 Å². The van der Waals surface area contributed by atoms with Crippen LogP contribution in [0.4, 0.5) is 0 Å². The quantitative estimate of drug-likeness (QED) is 0.523. The lowest BCUT2D eigenvalue weighted by molar-refractivity contribution is -0.133. The maximum absolute atomic E-state index is 13.7. The standard InChI is InChI=1S/C25H36N4O3/c1-18(2)32-16-10-15-29-23(30)22-27-20-13-8-9-14-21(20)28(22)17-25(29,3)24(31)26-19-11-6-4-5-7-12-19/h8-9,13-14,18-19H,4-7,10-12,15-17H2,1-3H3,(H,26,31)/t25-/m0/s1. The Hall–Kier alpha value is -2.41. The first-order valence-corrected chi connectivity index (χ1v) is 12.1. The molecule has 0 unspecified atom stereocenters. The van der Waals surface area contributed by atoms with Crippen LogP contribution in [0.3, 0.4) is 0 Å². The second-order valence-electron chi connectivity index (χ2n) is 9.68. The van der Waals surface area contributed by atoms with E-state index in [1.807, 2.05) is 49.6 Å². The lowest BCUT2D eigenvalue weighted by Crippen LogP contribution is -2.65. The Kier molecular flexibility index (Phi) is 6.84. The number of imidazole rings is 1. The number of benzene rings is 1.